The molecule has 1 aromatic rings. The molecule has 0 aliphatic rings. The lowest BCUT2D eigenvalue weighted by atomic mass is 10.4. The Morgan fingerprint density at radius 1 is 1.41 bits per heavy atom. The molecule has 5 nitrogen and oxygen atoms in total. The van der Waals surface area contributed by atoms with Crippen LogP contribution in [-0.2, 0) is 0 Å². The number of hydrogen-bond donors (Lipinski definition) is 1. The summed E-state index contributed by atoms with van der Waals surface area (Å²) in [5.41, 5.74) is 5.40. The van der Waals surface area contributed by atoms with Crippen molar-refractivity contribution in [2.75, 3.05) is 31.3 Å². The number of ether oxygens (including phenoxy) is 1. The predicted molar refractivity (Wildman–Crippen MR) is 56.9 cm³/mol. The first-order chi connectivity index (χ1) is 7.81. The number of alkyl halides is 3. The van der Waals surface area contributed by atoms with Crippen LogP contribution < -0.4 is 15.4 Å². The Balaban J connectivity index is 2.74. The first-order valence-corrected chi connectivity index (χ1v) is 4.78. The molecular weight excluding hydrogens is 237 g/mol. The standard InChI is InChI=1S/C9H13F3N4O/c1-16(4-3-9(10,11)12)6-5-7(17-2)15-8(13)14-6/h5H,3-4H2,1-2H3,(H2,13,14,15). The van der Waals surface area contributed by atoms with Crippen molar-refractivity contribution >= 4 is 11.8 Å². The Hall–Kier alpha value is -1.73. The van der Waals surface area contributed by atoms with E-state index in [1.165, 1.54) is 25.1 Å². The molecule has 0 amide bonds. The smallest absolute Gasteiger partial charge is 0.390 e. The van der Waals surface area contributed by atoms with Crippen molar-refractivity contribution in [1.82, 2.24) is 9.97 Å². The highest BCUT2D eigenvalue weighted by atomic mass is 19.4. The average Bonchev–Trinajstić information content (AvgIpc) is 2.23. The van der Waals surface area contributed by atoms with E-state index in [1.807, 2.05) is 0 Å². The third-order valence-corrected chi connectivity index (χ3v) is 2.04. The molecular formula is C9H13F3N4O. The minimum atomic E-state index is -4.20. The minimum absolute atomic E-state index is 0.0433. The monoisotopic (exact) mass is 250 g/mol. The van der Waals surface area contributed by atoms with Crippen molar-refractivity contribution in [2.45, 2.75) is 12.6 Å². The van der Waals surface area contributed by atoms with Gasteiger partial charge >= 0.3 is 6.18 Å². The van der Waals surface area contributed by atoms with Crippen LogP contribution in [0, 0.1) is 0 Å². The molecule has 17 heavy (non-hydrogen) atoms. The van der Waals surface area contributed by atoms with Crippen LogP contribution in [0.3, 0.4) is 0 Å². The fraction of sp³-hybridized carbons (Fsp3) is 0.556. The summed E-state index contributed by atoms with van der Waals surface area (Å²) in [5.74, 6) is 0.461. The van der Waals surface area contributed by atoms with Crippen LogP contribution in [0.4, 0.5) is 24.9 Å². The maximum atomic E-state index is 12.0. The van der Waals surface area contributed by atoms with Crippen LogP contribution in [0.15, 0.2) is 6.07 Å². The second kappa shape index (κ2) is 5.07. The molecule has 1 rings (SSSR count). The van der Waals surface area contributed by atoms with Crippen LogP contribution >= 0.6 is 0 Å². The summed E-state index contributed by atoms with van der Waals surface area (Å²) >= 11 is 0. The van der Waals surface area contributed by atoms with Crippen LogP contribution in [0.1, 0.15) is 6.42 Å². The summed E-state index contributed by atoms with van der Waals surface area (Å²) in [4.78, 5) is 8.91. The van der Waals surface area contributed by atoms with Crippen molar-refractivity contribution in [3.63, 3.8) is 0 Å². The van der Waals surface area contributed by atoms with Crippen LogP contribution in [0.25, 0.3) is 0 Å². The Morgan fingerprint density at radius 3 is 2.59 bits per heavy atom. The Labute approximate surface area is 96.4 Å². The fourth-order valence-corrected chi connectivity index (χ4v) is 1.14. The number of rotatable bonds is 4. The molecule has 0 radical (unpaired) electrons. The second-order valence-electron chi connectivity index (χ2n) is 3.41. The summed E-state index contributed by atoms with van der Waals surface area (Å²) in [7, 11) is 2.88. The molecule has 96 valence electrons. The van der Waals surface area contributed by atoms with Gasteiger partial charge in [0.1, 0.15) is 5.82 Å². The molecule has 0 spiro atoms. The molecule has 0 saturated heterocycles. The van der Waals surface area contributed by atoms with Gasteiger partial charge < -0.3 is 15.4 Å². The fourth-order valence-electron chi connectivity index (χ4n) is 1.14. The Kier molecular flexibility index (Phi) is 3.97. The maximum absolute atomic E-state index is 12.0. The lowest BCUT2D eigenvalue weighted by molar-refractivity contribution is -0.132. The number of nitrogen functional groups attached to an aromatic ring is 1. The highest BCUT2D eigenvalue weighted by Crippen LogP contribution is 2.22. The van der Waals surface area contributed by atoms with Gasteiger partial charge in [-0.1, -0.05) is 0 Å². The van der Waals surface area contributed by atoms with Gasteiger partial charge in [0.2, 0.25) is 11.8 Å². The van der Waals surface area contributed by atoms with E-state index in [0.717, 1.165) is 0 Å². The van der Waals surface area contributed by atoms with Crippen molar-refractivity contribution in [3.05, 3.63) is 6.07 Å². The number of halogens is 3. The number of aromatic nitrogens is 2. The summed E-state index contributed by atoms with van der Waals surface area (Å²) < 4.78 is 41.0. The summed E-state index contributed by atoms with van der Waals surface area (Å²) in [6, 6.07) is 1.42. The van der Waals surface area contributed by atoms with Gasteiger partial charge in [-0.2, -0.15) is 23.1 Å². The minimum Gasteiger partial charge on any atom is -0.481 e. The highest BCUT2D eigenvalue weighted by Gasteiger charge is 2.27. The van der Waals surface area contributed by atoms with Crippen molar-refractivity contribution in [1.29, 1.82) is 0 Å². The molecule has 0 aliphatic carbocycles. The molecule has 0 bridgehead atoms. The second-order valence-corrected chi connectivity index (χ2v) is 3.41. The molecule has 0 saturated carbocycles. The molecule has 0 fully saturated rings. The van der Waals surface area contributed by atoms with Gasteiger partial charge in [0.25, 0.3) is 0 Å². The molecule has 0 aromatic carbocycles. The molecule has 0 unspecified atom stereocenters. The topological polar surface area (TPSA) is 64.3 Å². The number of nitrogens with two attached hydrogens (primary N) is 1. The van der Waals surface area contributed by atoms with Gasteiger partial charge in [-0.3, -0.25) is 0 Å². The molecule has 0 atom stereocenters. The molecule has 0 aliphatic heterocycles. The van der Waals surface area contributed by atoms with E-state index in [0.29, 0.717) is 5.82 Å². The number of nitrogens with zero attached hydrogens (tertiary/aromatic N) is 3. The Morgan fingerprint density at radius 2 is 2.06 bits per heavy atom. The van der Waals surface area contributed by atoms with Gasteiger partial charge in [-0.15, -0.1) is 0 Å². The summed E-state index contributed by atoms with van der Waals surface area (Å²) in [6.45, 7) is -0.205. The van der Waals surface area contributed by atoms with Gasteiger partial charge in [0.05, 0.1) is 13.5 Å². The van der Waals surface area contributed by atoms with Crippen molar-refractivity contribution in [2.24, 2.45) is 0 Å². The lowest BCUT2D eigenvalue weighted by Gasteiger charge is -2.19. The predicted octanol–water partition coefficient (Wildman–Crippen LogP) is 1.46. The van der Waals surface area contributed by atoms with Crippen LogP contribution in [0.2, 0.25) is 0 Å². The molecule has 1 heterocycles. The average molecular weight is 250 g/mol. The van der Waals surface area contributed by atoms with Gasteiger partial charge in [-0.25, -0.2) is 0 Å². The van der Waals surface area contributed by atoms with Gasteiger partial charge in [0, 0.05) is 19.7 Å². The molecule has 8 heteroatoms. The van der Waals surface area contributed by atoms with Crippen molar-refractivity contribution < 1.29 is 17.9 Å². The van der Waals surface area contributed by atoms with Crippen LogP contribution in [0.5, 0.6) is 5.88 Å². The van der Waals surface area contributed by atoms with E-state index >= 15 is 0 Å². The highest BCUT2D eigenvalue weighted by molar-refractivity contribution is 5.44. The summed E-state index contributed by atoms with van der Waals surface area (Å²) in [6.07, 6.45) is -5.12. The molecule has 1 aromatic heterocycles. The third kappa shape index (κ3) is 4.33. The van der Waals surface area contributed by atoms with Crippen molar-refractivity contribution in [3.8, 4) is 5.88 Å². The largest absolute Gasteiger partial charge is 0.481 e. The molecule has 2 N–H and O–H groups in total. The van der Waals surface area contributed by atoms with E-state index in [9.17, 15) is 13.2 Å². The van der Waals surface area contributed by atoms with E-state index in [2.05, 4.69) is 9.97 Å². The summed E-state index contributed by atoms with van der Waals surface area (Å²) in [5, 5.41) is 0. The maximum Gasteiger partial charge on any atom is 0.390 e. The first-order valence-electron chi connectivity index (χ1n) is 4.78. The zero-order chi connectivity index (χ0) is 13.1. The van der Waals surface area contributed by atoms with Gasteiger partial charge in [-0.05, 0) is 0 Å². The SMILES string of the molecule is COc1cc(N(C)CCC(F)(F)F)nc(N)n1. The number of anilines is 2. The van der Waals surface area contributed by atoms with E-state index < -0.39 is 12.6 Å². The number of hydrogen-bond acceptors (Lipinski definition) is 5. The zero-order valence-corrected chi connectivity index (χ0v) is 9.45. The van der Waals surface area contributed by atoms with Gasteiger partial charge in [0.15, 0.2) is 0 Å². The first kappa shape index (κ1) is 13.3. The Bertz CT molecular complexity index is 383. The van der Waals surface area contributed by atoms with E-state index in [1.54, 1.807) is 0 Å². The van der Waals surface area contributed by atoms with E-state index in [4.69, 9.17) is 10.5 Å². The number of methoxy groups -OCH3 is 1. The normalized spacial score (nSPS) is 11.4. The third-order valence-electron chi connectivity index (χ3n) is 2.04. The van der Waals surface area contributed by atoms with Crippen LogP contribution in [-0.4, -0.2) is 36.8 Å². The lowest BCUT2D eigenvalue weighted by Crippen LogP contribution is -2.25. The zero-order valence-electron chi connectivity index (χ0n) is 9.45. The van der Waals surface area contributed by atoms with E-state index in [-0.39, 0.29) is 18.4 Å². The quantitative estimate of drug-likeness (QED) is 0.876.